The molecule has 0 aromatic rings. The van der Waals surface area contributed by atoms with Crippen LogP contribution in [0.25, 0.3) is 0 Å². The van der Waals surface area contributed by atoms with Gasteiger partial charge in [0.1, 0.15) is 0 Å². The third-order valence-corrected chi connectivity index (χ3v) is 3.04. The van der Waals surface area contributed by atoms with E-state index < -0.39 is 0 Å². The highest BCUT2D eigenvalue weighted by Crippen LogP contribution is 2.17. The number of nitrogens with zero attached hydrogens (tertiary/aromatic N) is 1. The number of nitrogens with two attached hydrogens (primary N) is 1. The monoisotopic (exact) mass is 198 g/mol. The molecule has 2 atom stereocenters. The second-order valence-corrected chi connectivity index (χ2v) is 4.39. The Labute approximate surface area is 86.6 Å². The predicted molar refractivity (Wildman–Crippen MR) is 57.9 cm³/mol. The molecule has 0 spiro atoms. The first-order valence-corrected chi connectivity index (χ1v) is 5.68. The maximum Gasteiger partial charge on any atom is 0.222 e. The fourth-order valence-electron chi connectivity index (χ4n) is 1.86. The fourth-order valence-corrected chi connectivity index (χ4v) is 1.86. The summed E-state index contributed by atoms with van der Waals surface area (Å²) < 4.78 is 0. The summed E-state index contributed by atoms with van der Waals surface area (Å²) >= 11 is 0. The van der Waals surface area contributed by atoms with Crippen molar-refractivity contribution in [2.75, 3.05) is 13.1 Å². The van der Waals surface area contributed by atoms with Crippen LogP contribution < -0.4 is 5.73 Å². The standard InChI is InChI=1S/C11H22N2O/c1-3-4-5-6-13-8-10(12)9(2)7-11(13)14/h9-10H,3-8,12H2,1-2H3. The number of carbonyl (C=O) groups is 1. The van der Waals surface area contributed by atoms with Gasteiger partial charge in [-0.3, -0.25) is 4.79 Å². The Hall–Kier alpha value is -0.570. The van der Waals surface area contributed by atoms with E-state index in [4.69, 9.17) is 5.73 Å². The van der Waals surface area contributed by atoms with Crippen molar-refractivity contribution in [2.45, 2.75) is 45.6 Å². The summed E-state index contributed by atoms with van der Waals surface area (Å²) in [6, 6.07) is 0.175. The molecular weight excluding hydrogens is 176 g/mol. The van der Waals surface area contributed by atoms with E-state index in [9.17, 15) is 4.79 Å². The highest BCUT2D eigenvalue weighted by molar-refractivity contribution is 5.77. The number of hydrogen-bond donors (Lipinski definition) is 1. The molecule has 0 bridgehead atoms. The molecular formula is C11H22N2O. The zero-order valence-electron chi connectivity index (χ0n) is 9.33. The normalized spacial score (nSPS) is 28.2. The van der Waals surface area contributed by atoms with E-state index in [-0.39, 0.29) is 11.9 Å². The molecule has 82 valence electrons. The van der Waals surface area contributed by atoms with Gasteiger partial charge in [0, 0.05) is 25.6 Å². The Bertz CT molecular complexity index is 194. The van der Waals surface area contributed by atoms with Crippen molar-refractivity contribution in [3.8, 4) is 0 Å². The zero-order chi connectivity index (χ0) is 10.6. The van der Waals surface area contributed by atoms with Crippen molar-refractivity contribution in [3.63, 3.8) is 0 Å². The molecule has 3 nitrogen and oxygen atoms in total. The van der Waals surface area contributed by atoms with Crippen LogP contribution in [0, 0.1) is 5.92 Å². The average Bonchev–Trinajstić information content (AvgIpc) is 2.14. The van der Waals surface area contributed by atoms with Crippen molar-refractivity contribution in [1.29, 1.82) is 0 Å². The van der Waals surface area contributed by atoms with Gasteiger partial charge in [0.25, 0.3) is 0 Å². The number of likely N-dealkylation sites (tertiary alicyclic amines) is 1. The zero-order valence-corrected chi connectivity index (χ0v) is 9.33. The topological polar surface area (TPSA) is 46.3 Å². The minimum absolute atomic E-state index is 0.175. The molecule has 1 heterocycles. The van der Waals surface area contributed by atoms with Gasteiger partial charge >= 0.3 is 0 Å². The van der Waals surface area contributed by atoms with Gasteiger partial charge in [-0.05, 0) is 12.3 Å². The van der Waals surface area contributed by atoms with Crippen LogP contribution in [-0.4, -0.2) is 29.9 Å². The van der Waals surface area contributed by atoms with Crippen molar-refractivity contribution >= 4 is 5.91 Å². The molecule has 2 N–H and O–H groups in total. The lowest BCUT2D eigenvalue weighted by Crippen LogP contribution is -2.50. The number of carbonyl (C=O) groups excluding carboxylic acids is 1. The Balaban J connectivity index is 2.33. The van der Waals surface area contributed by atoms with Gasteiger partial charge in [0.2, 0.25) is 5.91 Å². The van der Waals surface area contributed by atoms with Gasteiger partial charge in [0.05, 0.1) is 0 Å². The van der Waals surface area contributed by atoms with Gasteiger partial charge in [-0.1, -0.05) is 26.7 Å². The third kappa shape index (κ3) is 2.98. The molecule has 1 aliphatic heterocycles. The van der Waals surface area contributed by atoms with Crippen molar-refractivity contribution in [3.05, 3.63) is 0 Å². The highest BCUT2D eigenvalue weighted by atomic mass is 16.2. The average molecular weight is 198 g/mol. The van der Waals surface area contributed by atoms with E-state index in [1.165, 1.54) is 12.8 Å². The van der Waals surface area contributed by atoms with Crippen LogP contribution in [0.2, 0.25) is 0 Å². The summed E-state index contributed by atoms with van der Waals surface area (Å²) in [7, 11) is 0. The lowest BCUT2D eigenvalue weighted by molar-refractivity contribution is -0.135. The van der Waals surface area contributed by atoms with E-state index in [2.05, 4.69) is 13.8 Å². The van der Waals surface area contributed by atoms with Crippen LogP contribution in [0.4, 0.5) is 0 Å². The number of unbranched alkanes of at least 4 members (excludes halogenated alkanes) is 2. The molecule has 0 saturated carbocycles. The maximum atomic E-state index is 11.6. The summed E-state index contributed by atoms with van der Waals surface area (Å²) in [5.74, 6) is 0.639. The van der Waals surface area contributed by atoms with Crippen molar-refractivity contribution < 1.29 is 4.79 Å². The SMILES string of the molecule is CCCCCN1CC(N)C(C)CC1=O. The summed E-state index contributed by atoms with van der Waals surface area (Å²) in [5.41, 5.74) is 5.94. The first kappa shape index (κ1) is 11.5. The Morgan fingerprint density at radius 2 is 2.21 bits per heavy atom. The molecule has 1 aliphatic rings. The number of piperidine rings is 1. The van der Waals surface area contributed by atoms with E-state index in [1.807, 2.05) is 4.90 Å². The largest absolute Gasteiger partial charge is 0.341 e. The van der Waals surface area contributed by atoms with Gasteiger partial charge in [-0.25, -0.2) is 0 Å². The van der Waals surface area contributed by atoms with Gasteiger partial charge in [0.15, 0.2) is 0 Å². The molecule has 0 aliphatic carbocycles. The second-order valence-electron chi connectivity index (χ2n) is 4.39. The molecule has 0 aromatic heterocycles. The first-order valence-electron chi connectivity index (χ1n) is 5.68. The highest BCUT2D eigenvalue weighted by Gasteiger charge is 2.28. The summed E-state index contributed by atoms with van der Waals surface area (Å²) in [4.78, 5) is 13.5. The lowest BCUT2D eigenvalue weighted by Gasteiger charge is -2.34. The second kappa shape index (κ2) is 5.35. The molecule has 1 saturated heterocycles. The number of hydrogen-bond acceptors (Lipinski definition) is 2. The molecule has 3 heteroatoms. The van der Waals surface area contributed by atoms with Gasteiger partial charge in [-0.15, -0.1) is 0 Å². The smallest absolute Gasteiger partial charge is 0.222 e. The van der Waals surface area contributed by atoms with Crippen LogP contribution in [-0.2, 0) is 4.79 Å². The number of rotatable bonds is 4. The molecule has 1 fully saturated rings. The summed E-state index contributed by atoms with van der Waals surface area (Å²) in [6.45, 7) is 5.88. The maximum absolute atomic E-state index is 11.6. The van der Waals surface area contributed by atoms with Crippen LogP contribution in [0.5, 0.6) is 0 Å². The quantitative estimate of drug-likeness (QED) is 0.694. The minimum atomic E-state index is 0.175. The van der Waals surface area contributed by atoms with Crippen LogP contribution >= 0.6 is 0 Å². The number of amides is 1. The van der Waals surface area contributed by atoms with Crippen molar-refractivity contribution in [2.24, 2.45) is 11.7 Å². The summed E-state index contributed by atoms with van der Waals surface area (Å²) in [6.07, 6.45) is 4.15. The van der Waals surface area contributed by atoms with Crippen LogP contribution in [0.3, 0.4) is 0 Å². The van der Waals surface area contributed by atoms with E-state index in [1.54, 1.807) is 0 Å². The van der Waals surface area contributed by atoms with E-state index in [0.29, 0.717) is 12.3 Å². The fraction of sp³-hybridized carbons (Fsp3) is 0.909. The molecule has 0 radical (unpaired) electrons. The Morgan fingerprint density at radius 3 is 2.86 bits per heavy atom. The van der Waals surface area contributed by atoms with Gasteiger partial charge in [-0.2, -0.15) is 0 Å². The van der Waals surface area contributed by atoms with E-state index in [0.717, 1.165) is 19.5 Å². The van der Waals surface area contributed by atoms with Crippen molar-refractivity contribution in [1.82, 2.24) is 4.90 Å². The molecule has 0 aromatic carbocycles. The van der Waals surface area contributed by atoms with E-state index >= 15 is 0 Å². The summed E-state index contributed by atoms with van der Waals surface area (Å²) in [5, 5.41) is 0. The predicted octanol–water partition coefficient (Wildman–Crippen LogP) is 1.37. The molecule has 2 unspecified atom stereocenters. The molecule has 14 heavy (non-hydrogen) atoms. The van der Waals surface area contributed by atoms with Crippen LogP contribution in [0.1, 0.15) is 39.5 Å². The Morgan fingerprint density at radius 1 is 1.50 bits per heavy atom. The van der Waals surface area contributed by atoms with Crippen LogP contribution in [0.15, 0.2) is 0 Å². The minimum Gasteiger partial charge on any atom is -0.341 e. The van der Waals surface area contributed by atoms with Gasteiger partial charge < -0.3 is 10.6 Å². The first-order chi connectivity index (χ1) is 6.65. The molecule has 1 rings (SSSR count). The molecule has 1 amide bonds. The lowest BCUT2D eigenvalue weighted by atomic mass is 9.93. The Kier molecular flexibility index (Phi) is 4.39. The third-order valence-electron chi connectivity index (χ3n) is 3.04.